The fourth-order valence-electron chi connectivity index (χ4n) is 2.51. The third-order valence-electron chi connectivity index (χ3n) is 3.94. The normalized spacial score (nSPS) is 10.1. The van der Waals surface area contributed by atoms with E-state index in [2.05, 4.69) is 10.6 Å². The molecule has 28 heavy (non-hydrogen) atoms. The Morgan fingerprint density at radius 3 is 2.32 bits per heavy atom. The van der Waals surface area contributed by atoms with Crippen molar-refractivity contribution in [2.45, 2.75) is 12.8 Å². The van der Waals surface area contributed by atoms with Crippen LogP contribution in [0.1, 0.15) is 22.3 Å². The fourth-order valence-corrected chi connectivity index (χ4v) is 2.51. The van der Waals surface area contributed by atoms with E-state index in [1.165, 1.54) is 12.1 Å². The molecule has 2 rings (SSSR count). The summed E-state index contributed by atoms with van der Waals surface area (Å²) in [7, 11) is 3.14. The smallest absolute Gasteiger partial charge is 0.322 e. The summed E-state index contributed by atoms with van der Waals surface area (Å²) in [5, 5.41) is 13.6. The molecule has 2 amide bonds. The highest BCUT2D eigenvalue weighted by Gasteiger charge is 2.10. The number of aliphatic carboxylic acids is 1. The van der Waals surface area contributed by atoms with Crippen LogP contribution in [0.25, 0.3) is 0 Å². The molecule has 0 aliphatic carbocycles. The topological polar surface area (TPSA) is 114 Å². The first-order chi connectivity index (χ1) is 13.4. The van der Waals surface area contributed by atoms with Crippen LogP contribution in [0.15, 0.2) is 42.5 Å². The Bertz CT molecular complexity index is 848. The number of nitrogens with one attached hydrogen (secondary N) is 2. The quantitative estimate of drug-likeness (QED) is 0.608. The first kappa shape index (κ1) is 20.8. The average Bonchev–Trinajstić information content (AvgIpc) is 2.70. The van der Waals surface area contributed by atoms with Gasteiger partial charge < -0.3 is 25.2 Å². The standard InChI is InChI=1S/C20H22N2O6/c1-27-16-8-9-17(28-2)14(11-16)5-10-18(23)22-15-6-3-13(4-7-15)20(26)21-12-19(24)25/h3-4,6-9,11H,5,10,12H2,1-2H3,(H,21,26)(H,22,23)(H,24,25). The molecule has 8 heteroatoms. The van der Waals surface area contributed by atoms with E-state index in [4.69, 9.17) is 14.6 Å². The molecule has 0 heterocycles. The largest absolute Gasteiger partial charge is 0.497 e. The first-order valence-corrected chi connectivity index (χ1v) is 8.53. The van der Waals surface area contributed by atoms with Crippen LogP contribution in [0.5, 0.6) is 11.5 Å². The number of ether oxygens (including phenoxy) is 2. The van der Waals surface area contributed by atoms with Gasteiger partial charge in [-0.3, -0.25) is 14.4 Å². The van der Waals surface area contributed by atoms with Gasteiger partial charge in [0.2, 0.25) is 5.91 Å². The molecular weight excluding hydrogens is 364 g/mol. The highest BCUT2D eigenvalue weighted by atomic mass is 16.5. The number of methoxy groups -OCH3 is 2. The summed E-state index contributed by atoms with van der Waals surface area (Å²) in [4.78, 5) is 34.5. The predicted molar refractivity (Wildman–Crippen MR) is 103 cm³/mol. The second-order valence-corrected chi connectivity index (χ2v) is 5.88. The Balaban J connectivity index is 1.91. The van der Waals surface area contributed by atoms with E-state index in [0.29, 0.717) is 29.2 Å². The van der Waals surface area contributed by atoms with E-state index in [9.17, 15) is 14.4 Å². The Hall–Kier alpha value is -3.55. The van der Waals surface area contributed by atoms with Crippen LogP contribution in [-0.2, 0) is 16.0 Å². The summed E-state index contributed by atoms with van der Waals surface area (Å²) in [6.07, 6.45) is 0.715. The minimum atomic E-state index is -1.12. The highest BCUT2D eigenvalue weighted by Crippen LogP contribution is 2.25. The highest BCUT2D eigenvalue weighted by molar-refractivity contribution is 5.97. The van der Waals surface area contributed by atoms with Crippen molar-refractivity contribution in [1.29, 1.82) is 0 Å². The zero-order valence-electron chi connectivity index (χ0n) is 15.7. The van der Waals surface area contributed by atoms with Gasteiger partial charge in [0.25, 0.3) is 5.91 Å². The number of carbonyl (C=O) groups is 3. The molecule has 0 saturated heterocycles. The zero-order valence-corrected chi connectivity index (χ0v) is 15.7. The van der Waals surface area contributed by atoms with Crippen LogP contribution in [0.3, 0.4) is 0 Å². The van der Waals surface area contributed by atoms with Gasteiger partial charge in [0, 0.05) is 17.7 Å². The van der Waals surface area contributed by atoms with Gasteiger partial charge in [-0.1, -0.05) is 0 Å². The molecule has 2 aromatic carbocycles. The lowest BCUT2D eigenvalue weighted by atomic mass is 10.1. The van der Waals surface area contributed by atoms with E-state index in [1.54, 1.807) is 38.5 Å². The van der Waals surface area contributed by atoms with Crippen LogP contribution in [0.2, 0.25) is 0 Å². The van der Waals surface area contributed by atoms with E-state index < -0.39 is 18.4 Å². The number of hydrogen-bond acceptors (Lipinski definition) is 5. The minimum absolute atomic E-state index is 0.187. The van der Waals surface area contributed by atoms with Gasteiger partial charge in [-0.2, -0.15) is 0 Å². The number of carboxylic acids is 1. The van der Waals surface area contributed by atoms with E-state index >= 15 is 0 Å². The number of carboxylic acid groups (broad SMARTS) is 1. The Morgan fingerprint density at radius 2 is 1.71 bits per heavy atom. The number of amides is 2. The molecule has 3 N–H and O–H groups in total. The monoisotopic (exact) mass is 386 g/mol. The van der Waals surface area contributed by atoms with Crippen LogP contribution in [0.4, 0.5) is 5.69 Å². The van der Waals surface area contributed by atoms with Gasteiger partial charge in [0.05, 0.1) is 14.2 Å². The van der Waals surface area contributed by atoms with E-state index in [-0.39, 0.29) is 12.3 Å². The van der Waals surface area contributed by atoms with Gasteiger partial charge in [0.15, 0.2) is 0 Å². The third kappa shape index (κ3) is 6.01. The number of rotatable bonds is 9. The van der Waals surface area contributed by atoms with Gasteiger partial charge in [-0.05, 0) is 54.4 Å². The molecule has 0 aliphatic rings. The van der Waals surface area contributed by atoms with Crippen molar-refractivity contribution in [1.82, 2.24) is 5.32 Å². The fraction of sp³-hybridized carbons (Fsp3) is 0.250. The number of benzene rings is 2. The van der Waals surface area contributed by atoms with Gasteiger partial charge in [0.1, 0.15) is 18.0 Å². The van der Waals surface area contributed by atoms with E-state index in [1.807, 2.05) is 6.07 Å². The molecule has 2 aromatic rings. The Labute approximate surface area is 162 Å². The molecule has 0 aromatic heterocycles. The van der Waals surface area contributed by atoms with Gasteiger partial charge >= 0.3 is 5.97 Å². The molecule has 8 nitrogen and oxygen atoms in total. The van der Waals surface area contributed by atoms with Crippen molar-refractivity contribution in [3.8, 4) is 11.5 Å². The maximum atomic E-state index is 12.2. The first-order valence-electron chi connectivity index (χ1n) is 8.53. The lowest BCUT2D eigenvalue weighted by Crippen LogP contribution is -2.29. The number of carbonyl (C=O) groups excluding carboxylic acids is 2. The molecule has 0 unspecified atom stereocenters. The molecule has 0 atom stereocenters. The van der Waals surface area contributed by atoms with Crippen molar-refractivity contribution < 1.29 is 29.0 Å². The third-order valence-corrected chi connectivity index (χ3v) is 3.94. The maximum absolute atomic E-state index is 12.2. The lowest BCUT2D eigenvalue weighted by Gasteiger charge is -2.11. The molecule has 0 radical (unpaired) electrons. The summed E-state index contributed by atoms with van der Waals surface area (Å²) in [5.74, 6) is -0.429. The average molecular weight is 386 g/mol. The van der Waals surface area contributed by atoms with Crippen LogP contribution < -0.4 is 20.1 Å². The second-order valence-electron chi connectivity index (χ2n) is 5.88. The maximum Gasteiger partial charge on any atom is 0.322 e. The van der Waals surface area contributed by atoms with Crippen LogP contribution >= 0.6 is 0 Å². The molecule has 0 spiro atoms. The second kappa shape index (κ2) is 9.96. The summed E-state index contributed by atoms with van der Waals surface area (Å²) >= 11 is 0. The molecular formula is C20H22N2O6. The predicted octanol–water partition coefficient (Wildman–Crippen LogP) is 2.09. The van der Waals surface area contributed by atoms with E-state index in [0.717, 1.165) is 5.56 Å². The molecule has 0 bridgehead atoms. The van der Waals surface area contributed by atoms with Crippen molar-refractivity contribution in [2.24, 2.45) is 0 Å². The SMILES string of the molecule is COc1ccc(OC)c(CCC(=O)Nc2ccc(C(=O)NCC(=O)O)cc2)c1. The van der Waals surface area contributed by atoms with Crippen molar-refractivity contribution in [2.75, 3.05) is 26.1 Å². The number of hydrogen-bond donors (Lipinski definition) is 3. The van der Waals surface area contributed by atoms with Crippen molar-refractivity contribution >= 4 is 23.5 Å². The van der Waals surface area contributed by atoms with Crippen molar-refractivity contribution in [3.63, 3.8) is 0 Å². The van der Waals surface area contributed by atoms with Crippen molar-refractivity contribution in [3.05, 3.63) is 53.6 Å². The summed E-state index contributed by atoms with van der Waals surface area (Å²) in [5.41, 5.74) is 1.71. The van der Waals surface area contributed by atoms with Crippen LogP contribution in [0, 0.1) is 0 Å². The molecule has 0 aliphatic heterocycles. The lowest BCUT2D eigenvalue weighted by molar-refractivity contribution is -0.135. The minimum Gasteiger partial charge on any atom is -0.497 e. The number of anilines is 1. The van der Waals surface area contributed by atoms with Gasteiger partial charge in [-0.25, -0.2) is 0 Å². The molecule has 148 valence electrons. The zero-order chi connectivity index (χ0) is 20.5. The number of aryl methyl sites for hydroxylation is 1. The summed E-state index contributed by atoms with van der Waals surface area (Å²) in [6, 6.07) is 11.6. The summed E-state index contributed by atoms with van der Waals surface area (Å²) < 4.78 is 10.5. The van der Waals surface area contributed by atoms with Crippen LogP contribution in [-0.4, -0.2) is 43.7 Å². The Kier molecular flexibility index (Phi) is 7.38. The molecule has 0 saturated carbocycles. The Morgan fingerprint density at radius 1 is 1.00 bits per heavy atom. The molecule has 0 fully saturated rings. The van der Waals surface area contributed by atoms with Gasteiger partial charge in [-0.15, -0.1) is 0 Å². The summed E-state index contributed by atoms with van der Waals surface area (Å²) in [6.45, 7) is -0.453.